The van der Waals surface area contributed by atoms with E-state index < -0.39 is 0 Å². The second-order valence-corrected chi connectivity index (χ2v) is 5.07. The highest BCUT2D eigenvalue weighted by Gasteiger charge is 2.19. The molecule has 0 aliphatic carbocycles. The number of likely N-dealkylation sites (N-methyl/N-ethyl adjacent to an activating group) is 1. The second-order valence-electron chi connectivity index (χ2n) is 4.81. The van der Waals surface area contributed by atoms with Crippen LogP contribution in [0.3, 0.4) is 0 Å². The Hall–Kier alpha value is -0.800. The van der Waals surface area contributed by atoms with Gasteiger partial charge in [-0.15, -0.1) is 11.6 Å². The number of hydrogen-bond acceptors (Lipinski definition) is 3. The molecule has 0 spiro atoms. The summed E-state index contributed by atoms with van der Waals surface area (Å²) in [6.45, 7) is 8.43. The van der Waals surface area contributed by atoms with E-state index in [1.54, 1.807) is 0 Å². The van der Waals surface area contributed by atoms with Crippen molar-refractivity contribution in [3.63, 3.8) is 0 Å². The molecule has 94 valence electrons. The maximum Gasteiger partial charge on any atom is 0.133 e. The van der Waals surface area contributed by atoms with Crippen LogP contribution in [0.1, 0.15) is 16.8 Å². The lowest BCUT2D eigenvalue weighted by Crippen LogP contribution is -2.45. The Labute approximate surface area is 108 Å². The maximum atomic E-state index is 6.06. The Kier molecular flexibility index (Phi) is 3.89. The van der Waals surface area contributed by atoms with Crippen molar-refractivity contribution in [2.75, 3.05) is 38.1 Å². The van der Waals surface area contributed by atoms with Gasteiger partial charge in [-0.25, -0.2) is 4.98 Å². The molecular formula is C13H20ClN3. The third-order valence-electron chi connectivity index (χ3n) is 3.39. The number of pyridine rings is 1. The molecule has 0 unspecified atom stereocenters. The highest BCUT2D eigenvalue weighted by atomic mass is 35.5. The van der Waals surface area contributed by atoms with Gasteiger partial charge in [0.05, 0.1) is 5.88 Å². The number of aryl methyl sites for hydroxylation is 2. The normalized spacial score (nSPS) is 17.5. The van der Waals surface area contributed by atoms with Crippen LogP contribution in [-0.2, 0) is 5.88 Å². The van der Waals surface area contributed by atoms with Crippen molar-refractivity contribution in [3.05, 3.63) is 22.9 Å². The molecular weight excluding hydrogens is 234 g/mol. The molecule has 0 radical (unpaired) electrons. The van der Waals surface area contributed by atoms with Gasteiger partial charge in [-0.3, -0.25) is 0 Å². The average molecular weight is 254 g/mol. The first kappa shape index (κ1) is 12.7. The minimum atomic E-state index is 0.542. The lowest BCUT2D eigenvalue weighted by Gasteiger charge is -2.34. The molecule has 1 aliphatic heterocycles. The number of anilines is 1. The molecule has 2 heterocycles. The molecule has 0 saturated carbocycles. The van der Waals surface area contributed by atoms with Crippen molar-refractivity contribution in [1.29, 1.82) is 0 Å². The number of nitrogens with zero attached hydrogens (tertiary/aromatic N) is 3. The molecule has 1 aromatic heterocycles. The monoisotopic (exact) mass is 253 g/mol. The summed E-state index contributed by atoms with van der Waals surface area (Å²) in [4.78, 5) is 9.38. The Balaban J connectivity index is 2.30. The van der Waals surface area contributed by atoms with Gasteiger partial charge in [-0.05, 0) is 32.5 Å². The molecule has 1 saturated heterocycles. The van der Waals surface area contributed by atoms with Crippen molar-refractivity contribution in [3.8, 4) is 0 Å². The van der Waals surface area contributed by atoms with Gasteiger partial charge in [0.2, 0.25) is 0 Å². The summed E-state index contributed by atoms with van der Waals surface area (Å²) < 4.78 is 0. The van der Waals surface area contributed by atoms with Gasteiger partial charge in [-0.1, -0.05) is 0 Å². The summed E-state index contributed by atoms with van der Waals surface area (Å²) >= 11 is 6.06. The third kappa shape index (κ3) is 2.72. The maximum absolute atomic E-state index is 6.06. The Morgan fingerprint density at radius 1 is 1.24 bits per heavy atom. The van der Waals surface area contributed by atoms with E-state index >= 15 is 0 Å². The van der Waals surface area contributed by atoms with Crippen molar-refractivity contribution in [2.24, 2.45) is 0 Å². The van der Waals surface area contributed by atoms with Crippen LogP contribution in [0, 0.1) is 13.8 Å². The highest BCUT2D eigenvalue weighted by molar-refractivity contribution is 6.17. The van der Waals surface area contributed by atoms with Crippen molar-refractivity contribution in [2.45, 2.75) is 19.7 Å². The van der Waals surface area contributed by atoms with E-state index in [0.29, 0.717) is 5.88 Å². The second kappa shape index (κ2) is 5.23. The van der Waals surface area contributed by atoms with Crippen LogP contribution in [0.4, 0.5) is 5.82 Å². The summed E-state index contributed by atoms with van der Waals surface area (Å²) in [5, 5.41) is 0. The Morgan fingerprint density at radius 3 is 2.47 bits per heavy atom. The Bertz CT molecular complexity index is 398. The zero-order valence-corrected chi connectivity index (χ0v) is 11.6. The molecule has 1 fully saturated rings. The standard InChI is InChI=1S/C13H20ClN3/c1-10-8-11(2)15-13(12(10)9-14)17-6-4-16(3)5-7-17/h8H,4-7,9H2,1-3H3. The third-order valence-corrected chi connectivity index (χ3v) is 3.66. The molecule has 0 aromatic carbocycles. The van der Waals surface area contributed by atoms with Crippen molar-refractivity contribution < 1.29 is 0 Å². The number of alkyl halides is 1. The van der Waals surface area contributed by atoms with Crippen molar-refractivity contribution in [1.82, 2.24) is 9.88 Å². The zero-order chi connectivity index (χ0) is 12.4. The minimum absolute atomic E-state index is 0.542. The molecule has 0 bridgehead atoms. The summed E-state index contributed by atoms with van der Waals surface area (Å²) in [7, 11) is 2.16. The van der Waals surface area contributed by atoms with Gasteiger partial charge in [0.15, 0.2) is 0 Å². The molecule has 0 amide bonds. The summed E-state index contributed by atoms with van der Waals surface area (Å²) in [5.74, 6) is 1.63. The smallest absolute Gasteiger partial charge is 0.133 e. The minimum Gasteiger partial charge on any atom is -0.354 e. The number of rotatable bonds is 2. The molecule has 1 aliphatic rings. The lowest BCUT2D eigenvalue weighted by molar-refractivity contribution is 0.312. The van der Waals surface area contributed by atoms with E-state index in [1.165, 1.54) is 11.1 Å². The fourth-order valence-electron chi connectivity index (χ4n) is 2.29. The first-order valence-corrected chi connectivity index (χ1v) is 6.62. The van der Waals surface area contributed by atoms with Crippen LogP contribution in [0.15, 0.2) is 6.07 Å². The predicted octanol–water partition coefficient (Wildman–Crippen LogP) is 2.19. The Morgan fingerprint density at radius 2 is 1.88 bits per heavy atom. The molecule has 0 atom stereocenters. The topological polar surface area (TPSA) is 19.4 Å². The van der Waals surface area contributed by atoms with E-state index in [-0.39, 0.29) is 0 Å². The molecule has 3 nitrogen and oxygen atoms in total. The van der Waals surface area contributed by atoms with E-state index in [4.69, 9.17) is 11.6 Å². The van der Waals surface area contributed by atoms with Crippen molar-refractivity contribution >= 4 is 17.4 Å². The van der Waals surface area contributed by atoms with Gasteiger partial charge < -0.3 is 9.80 Å². The fourth-order valence-corrected chi connectivity index (χ4v) is 2.62. The largest absolute Gasteiger partial charge is 0.354 e. The van der Waals surface area contributed by atoms with Crippen LogP contribution >= 0.6 is 11.6 Å². The zero-order valence-electron chi connectivity index (χ0n) is 10.8. The van der Waals surface area contributed by atoms with Gasteiger partial charge >= 0.3 is 0 Å². The quantitative estimate of drug-likeness (QED) is 0.754. The molecule has 4 heteroatoms. The highest BCUT2D eigenvalue weighted by Crippen LogP contribution is 2.25. The van der Waals surface area contributed by atoms with Crippen LogP contribution in [0.25, 0.3) is 0 Å². The molecule has 17 heavy (non-hydrogen) atoms. The van der Waals surface area contributed by atoms with Gasteiger partial charge in [0.1, 0.15) is 5.82 Å². The van der Waals surface area contributed by atoms with E-state index in [0.717, 1.165) is 37.7 Å². The molecule has 1 aromatic rings. The van der Waals surface area contributed by atoms with Crippen LogP contribution in [0.2, 0.25) is 0 Å². The fraction of sp³-hybridized carbons (Fsp3) is 0.615. The number of halogens is 1. The van der Waals surface area contributed by atoms with Gasteiger partial charge in [0.25, 0.3) is 0 Å². The van der Waals surface area contributed by atoms with Gasteiger partial charge in [0, 0.05) is 37.4 Å². The van der Waals surface area contributed by atoms with E-state index in [2.05, 4.69) is 34.8 Å². The predicted molar refractivity (Wildman–Crippen MR) is 73.0 cm³/mol. The summed E-state index contributed by atoms with van der Waals surface area (Å²) in [6, 6.07) is 2.11. The molecule has 2 rings (SSSR count). The number of hydrogen-bond donors (Lipinski definition) is 0. The first-order valence-electron chi connectivity index (χ1n) is 6.08. The average Bonchev–Trinajstić information content (AvgIpc) is 2.29. The number of aromatic nitrogens is 1. The lowest BCUT2D eigenvalue weighted by atomic mass is 10.1. The van der Waals surface area contributed by atoms with E-state index in [1.807, 2.05) is 6.92 Å². The van der Waals surface area contributed by atoms with Crippen LogP contribution < -0.4 is 4.90 Å². The SMILES string of the molecule is Cc1cc(C)c(CCl)c(N2CCN(C)CC2)n1. The van der Waals surface area contributed by atoms with Gasteiger partial charge in [-0.2, -0.15) is 0 Å². The molecule has 0 N–H and O–H groups in total. The summed E-state index contributed by atoms with van der Waals surface area (Å²) in [5.41, 5.74) is 3.51. The van der Waals surface area contributed by atoms with E-state index in [9.17, 15) is 0 Å². The van der Waals surface area contributed by atoms with Crippen LogP contribution in [0.5, 0.6) is 0 Å². The summed E-state index contributed by atoms with van der Waals surface area (Å²) in [6.07, 6.45) is 0. The number of piperazine rings is 1. The van der Waals surface area contributed by atoms with Crippen LogP contribution in [-0.4, -0.2) is 43.1 Å². The first-order chi connectivity index (χ1) is 8.11.